The molecule has 2 aromatic heterocycles. The number of amides is 1. The zero-order chi connectivity index (χ0) is 20.3. The number of thiazole rings is 1. The fraction of sp³-hybridized carbons (Fsp3) is 0.333. The first kappa shape index (κ1) is 23.3. The first-order valence-corrected chi connectivity index (χ1v) is 10.4. The molecule has 0 saturated heterocycles. The van der Waals surface area contributed by atoms with Crippen LogP contribution in [-0.2, 0) is 0 Å². The van der Waals surface area contributed by atoms with Crippen LogP contribution in [0.4, 0.5) is 11.0 Å². The number of furan rings is 1. The lowest BCUT2D eigenvalue weighted by Gasteiger charge is -2.23. The molecule has 3 rings (SSSR count). The van der Waals surface area contributed by atoms with Gasteiger partial charge in [-0.3, -0.25) is 19.8 Å². The van der Waals surface area contributed by atoms with Gasteiger partial charge in [0.15, 0.2) is 10.9 Å². The highest BCUT2D eigenvalue weighted by Crippen LogP contribution is 2.32. The molecule has 1 aromatic carbocycles. The van der Waals surface area contributed by atoms with Crippen LogP contribution in [0.3, 0.4) is 0 Å². The van der Waals surface area contributed by atoms with E-state index < -0.39 is 16.7 Å². The van der Waals surface area contributed by atoms with Gasteiger partial charge >= 0.3 is 5.88 Å². The monoisotopic (exact) mass is 502 g/mol. The van der Waals surface area contributed by atoms with Gasteiger partial charge in [-0.05, 0) is 37.4 Å². The predicted molar refractivity (Wildman–Crippen MR) is 119 cm³/mol. The molecule has 0 bridgehead atoms. The zero-order valence-corrected chi connectivity index (χ0v) is 19.1. The second kappa shape index (κ2) is 10.1. The molecule has 3 aromatic rings. The molecule has 0 aliphatic carbocycles. The highest BCUT2D eigenvalue weighted by atomic mass is 79.9. The molecule has 0 radical (unpaired) electrons. The summed E-state index contributed by atoms with van der Waals surface area (Å²) >= 11 is 4.83. The lowest BCUT2D eigenvalue weighted by molar-refractivity contribution is -0.402. The number of halogens is 2. The van der Waals surface area contributed by atoms with Gasteiger partial charge in [0.2, 0.25) is 0 Å². The number of aromatic nitrogens is 1. The second-order valence-electron chi connectivity index (χ2n) is 5.99. The maximum Gasteiger partial charge on any atom is 0.433 e. The van der Waals surface area contributed by atoms with E-state index >= 15 is 0 Å². The molecule has 0 unspecified atom stereocenters. The van der Waals surface area contributed by atoms with Crippen molar-refractivity contribution in [3.05, 3.63) is 50.7 Å². The summed E-state index contributed by atoms with van der Waals surface area (Å²) in [4.78, 5) is 31.6. The third kappa shape index (κ3) is 5.33. The van der Waals surface area contributed by atoms with Gasteiger partial charge in [-0.2, -0.15) is 0 Å². The molecule has 0 aliphatic rings. The first-order valence-electron chi connectivity index (χ1n) is 8.77. The largest absolute Gasteiger partial charge is 0.433 e. The average molecular weight is 504 g/mol. The fourth-order valence-electron chi connectivity index (χ4n) is 2.74. The summed E-state index contributed by atoms with van der Waals surface area (Å²) in [7, 11) is 0. The molecule has 156 valence electrons. The van der Waals surface area contributed by atoms with E-state index in [-0.39, 0.29) is 18.2 Å². The van der Waals surface area contributed by atoms with Crippen molar-refractivity contribution in [2.75, 3.05) is 31.1 Å². The average Bonchev–Trinajstić information content (AvgIpc) is 3.31. The highest BCUT2D eigenvalue weighted by Gasteiger charge is 2.26. The van der Waals surface area contributed by atoms with Gasteiger partial charge in [-0.15, -0.1) is 12.4 Å². The number of hydrogen-bond acceptors (Lipinski definition) is 7. The van der Waals surface area contributed by atoms with Crippen molar-refractivity contribution in [2.45, 2.75) is 13.8 Å². The Balaban J connectivity index is 0.00000300. The topological polar surface area (TPSA) is 92.7 Å². The minimum Gasteiger partial charge on any atom is -0.395 e. The maximum absolute atomic E-state index is 13.1. The zero-order valence-electron chi connectivity index (χ0n) is 15.8. The summed E-state index contributed by atoms with van der Waals surface area (Å²) in [5.41, 5.74) is 0.786. The lowest BCUT2D eigenvalue weighted by atomic mass is 10.3. The molecule has 11 heteroatoms. The first-order chi connectivity index (χ1) is 13.4. The van der Waals surface area contributed by atoms with E-state index in [0.29, 0.717) is 18.2 Å². The van der Waals surface area contributed by atoms with Gasteiger partial charge in [-0.1, -0.05) is 41.1 Å². The van der Waals surface area contributed by atoms with E-state index in [1.807, 2.05) is 18.2 Å². The molecule has 0 fully saturated rings. The van der Waals surface area contributed by atoms with Gasteiger partial charge in [0.25, 0.3) is 5.91 Å². The van der Waals surface area contributed by atoms with Crippen molar-refractivity contribution in [3.63, 3.8) is 0 Å². The number of benzene rings is 1. The van der Waals surface area contributed by atoms with Gasteiger partial charge in [0, 0.05) is 17.6 Å². The Bertz CT molecular complexity index is 1000. The number of anilines is 1. The third-order valence-electron chi connectivity index (χ3n) is 4.33. The molecular weight excluding hydrogens is 484 g/mol. The highest BCUT2D eigenvalue weighted by molar-refractivity contribution is 9.10. The Kier molecular flexibility index (Phi) is 8.14. The Morgan fingerprint density at radius 2 is 1.97 bits per heavy atom. The van der Waals surface area contributed by atoms with E-state index in [1.54, 1.807) is 0 Å². The molecule has 0 atom stereocenters. The Hall–Kier alpha value is -2.01. The molecule has 29 heavy (non-hydrogen) atoms. The van der Waals surface area contributed by atoms with E-state index in [2.05, 4.69) is 39.7 Å². The minimum absolute atomic E-state index is 0. The molecular formula is C18H20BrClN4O4S. The van der Waals surface area contributed by atoms with Crippen LogP contribution in [0.2, 0.25) is 0 Å². The van der Waals surface area contributed by atoms with Crippen LogP contribution in [0.1, 0.15) is 24.4 Å². The maximum atomic E-state index is 13.1. The van der Waals surface area contributed by atoms with Crippen molar-refractivity contribution in [3.8, 4) is 0 Å². The molecule has 2 heterocycles. The summed E-state index contributed by atoms with van der Waals surface area (Å²) in [5, 5.41) is 11.4. The number of nitro groups is 1. The van der Waals surface area contributed by atoms with Gasteiger partial charge in [-0.25, -0.2) is 4.98 Å². The van der Waals surface area contributed by atoms with Crippen LogP contribution in [0.25, 0.3) is 10.2 Å². The summed E-state index contributed by atoms with van der Waals surface area (Å²) in [6, 6.07) is 8.23. The Morgan fingerprint density at radius 3 is 2.59 bits per heavy atom. The minimum atomic E-state index is -0.660. The predicted octanol–water partition coefficient (Wildman–Crippen LogP) is 4.97. The second-order valence-corrected chi connectivity index (χ2v) is 7.91. The fourth-order valence-corrected chi connectivity index (χ4v) is 4.28. The normalized spacial score (nSPS) is 10.9. The summed E-state index contributed by atoms with van der Waals surface area (Å²) < 4.78 is 7.00. The number of rotatable bonds is 8. The number of likely N-dealkylation sites (N-methyl/N-ethyl adjacent to an activating group) is 1. The summed E-state index contributed by atoms with van der Waals surface area (Å²) in [5.74, 6) is -0.981. The van der Waals surface area contributed by atoms with Crippen molar-refractivity contribution in [1.82, 2.24) is 9.88 Å². The Labute approximate surface area is 186 Å². The van der Waals surface area contributed by atoms with Crippen molar-refractivity contribution in [1.29, 1.82) is 0 Å². The standard InChI is InChI=1S/C18H19BrN4O4S.ClH/c1-3-21(4-2)9-10-22(17(24)14-7-8-16(27-14)23(25)26)18-20-13-6-5-12(19)11-15(13)28-18;/h5-8,11H,3-4,9-10H2,1-2H3;1H. The molecule has 8 nitrogen and oxygen atoms in total. The van der Waals surface area contributed by atoms with Crippen LogP contribution < -0.4 is 4.90 Å². The number of fused-ring (bicyclic) bond motifs is 1. The van der Waals surface area contributed by atoms with Crippen LogP contribution >= 0.6 is 39.7 Å². The van der Waals surface area contributed by atoms with E-state index in [9.17, 15) is 14.9 Å². The number of hydrogen-bond donors (Lipinski definition) is 0. The van der Waals surface area contributed by atoms with Crippen LogP contribution in [0.5, 0.6) is 0 Å². The SMILES string of the molecule is CCN(CC)CCN(C(=O)c1ccc([N+](=O)[O-])o1)c1nc2ccc(Br)cc2s1.Cl. The van der Waals surface area contributed by atoms with Crippen LogP contribution in [-0.4, -0.2) is 46.9 Å². The van der Waals surface area contributed by atoms with Gasteiger partial charge in [0.05, 0.1) is 16.3 Å². The van der Waals surface area contributed by atoms with Crippen molar-refractivity contribution in [2.24, 2.45) is 0 Å². The summed E-state index contributed by atoms with van der Waals surface area (Å²) in [6.45, 7) is 6.88. The van der Waals surface area contributed by atoms with E-state index in [1.165, 1.54) is 28.4 Å². The van der Waals surface area contributed by atoms with E-state index in [4.69, 9.17) is 4.42 Å². The number of carbonyl (C=O) groups is 1. The number of carbonyl (C=O) groups excluding carboxylic acids is 1. The lowest BCUT2D eigenvalue weighted by Crippen LogP contribution is -2.38. The molecule has 0 N–H and O–H groups in total. The van der Waals surface area contributed by atoms with Crippen molar-refractivity contribution >= 4 is 66.8 Å². The van der Waals surface area contributed by atoms with Crippen LogP contribution in [0, 0.1) is 10.1 Å². The number of nitrogens with zero attached hydrogens (tertiary/aromatic N) is 4. The summed E-state index contributed by atoms with van der Waals surface area (Å²) in [6.07, 6.45) is 0. The van der Waals surface area contributed by atoms with Crippen molar-refractivity contribution < 1.29 is 14.1 Å². The molecule has 1 amide bonds. The molecule has 0 saturated carbocycles. The third-order valence-corrected chi connectivity index (χ3v) is 5.87. The molecule has 0 spiro atoms. The van der Waals surface area contributed by atoms with Crippen LogP contribution in [0.15, 0.2) is 39.2 Å². The quantitative estimate of drug-likeness (QED) is 0.318. The van der Waals surface area contributed by atoms with E-state index in [0.717, 1.165) is 27.8 Å². The van der Waals surface area contributed by atoms with Gasteiger partial charge < -0.3 is 9.32 Å². The molecule has 0 aliphatic heterocycles. The van der Waals surface area contributed by atoms with Gasteiger partial charge in [0.1, 0.15) is 4.92 Å². The smallest absolute Gasteiger partial charge is 0.395 e. The Morgan fingerprint density at radius 1 is 1.24 bits per heavy atom.